The van der Waals surface area contributed by atoms with Crippen LogP contribution in [0.2, 0.25) is 5.02 Å². The molecule has 1 unspecified atom stereocenters. The number of nitrogens with zero attached hydrogens (tertiary/aromatic N) is 3. The Bertz CT molecular complexity index is 1260. The summed E-state index contributed by atoms with van der Waals surface area (Å²) in [6, 6.07) is 15.4. The van der Waals surface area contributed by atoms with Crippen LogP contribution in [0.4, 0.5) is 11.5 Å². The van der Waals surface area contributed by atoms with Gasteiger partial charge in [-0.25, -0.2) is 9.59 Å². The van der Waals surface area contributed by atoms with E-state index in [0.29, 0.717) is 23.8 Å². The van der Waals surface area contributed by atoms with Gasteiger partial charge in [0, 0.05) is 23.7 Å². The molecule has 1 amide bonds. The Hall–Kier alpha value is -3.98. The molecule has 0 bridgehead atoms. The highest BCUT2D eigenvalue weighted by Gasteiger charge is 2.28. The van der Waals surface area contributed by atoms with Gasteiger partial charge in [0.2, 0.25) is 5.91 Å². The summed E-state index contributed by atoms with van der Waals surface area (Å²) in [5, 5.41) is 12.2. The number of carbonyl (C=O) groups excluding carboxylic acids is 3. The molecule has 4 rings (SSSR count). The largest absolute Gasteiger partial charge is 0.465 e. The Morgan fingerprint density at radius 3 is 2.39 bits per heavy atom. The molecule has 186 valence electrons. The zero-order valence-electron chi connectivity index (χ0n) is 19.9. The summed E-state index contributed by atoms with van der Waals surface area (Å²) in [5.41, 5.74) is 2.18. The molecule has 1 atom stereocenters. The summed E-state index contributed by atoms with van der Waals surface area (Å²) in [5.74, 6) is -1.15. The van der Waals surface area contributed by atoms with Crippen molar-refractivity contribution in [2.45, 2.75) is 12.8 Å². The van der Waals surface area contributed by atoms with Gasteiger partial charge in [-0.05, 0) is 55.3 Å². The van der Waals surface area contributed by atoms with Crippen LogP contribution in [0.3, 0.4) is 0 Å². The third kappa shape index (κ3) is 5.63. The number of nitrogens with one attached hydrogen (secondary N) is 1. The number of esters is 2. The van der Waals surface area contributed by atoms with Crippen molar-refractivity contribution in [2.24, 2.45) is 5.92 Å². The summed E-state index contributed by atoms with van der Waals surface area (Å²) in [4.78, 5) is 39.3. The summed E-state index contributed by atoms with van der Waals surface area (Å²) in [6.07, 6.45) is 1.45. The number of halogens is 1. The van der Waals surface area contributed by atoms with Gasteiger partial charge in [0.15, 0.2) is 5.82 Å². The van der Waals surface area contributed by atoms with E-state index in [9.17, 15) is 14.4 Å². The smallest absolute Gasteiger partial charge is 0.339 e. The minimum absolute atomic E-state index is 0.148. The molecule has 1 fully saturated rings. The van der Waals surface area contributed by atoms with E-state index >= 15 is 0 Å². The van der Waals surface area contributed by atoms with E-state index in [2.05, 4.69) is 15.5 Å². The van der Waals surface area contributed by atoms with Crippen molar-refractivity contribution >= 4 is 41.0 Å². The molecule has 36 heavy (non-hydrogen) atoms. The van der Waals surface area contributed by atoms with Crippen LogP contribution in [0.5, 0.6) is 0 Å². The average Bonchev–Trinajstić information content (AvgIpc) is 2.92. The molecule has 10 heteroatoms. The molecule has 1 aliphatic heterocycles. The van der Waals surface area contributed by atoms with Crippen molar-refractivity contribution in [3.8, 4) is 11.3 Å². The fourth-order valence-electron chi connectivity index (χ4n) is 4.08. The lowest BCUT2D eigenvalue weighted by atomic mass is 9.96. The summed E-state index contributed by atoms with van der Waals surface area (Å²) in [6.45, 7) is 1.18. The molecule has 2 heterocycles. The number of hydrogen-bond donors (Lipinski definition) is 1. The van der Waals surface area contributed by atoms with Crippen molar-refractivity contribution in [2.75, 3.05) is 37.5 Å². The van der Waals surface area contributed by atoms with E-state index in [-0.39, 0.29) is 28.6 Å². The number of anilines is 2. The van der Waals surface area contributed by atoms with E-state index in [1.807, 2.05) is 29.2 Å². The molecule has 9 nitrogen and oxygen atoms in total. The highest BCUT2D eigenvalue weighted by atomic mass is 35.5. The maximum atomic E-state index is 13.2. The van der Waals surface area contributed by atoms with E-state index in [1.165, 1.54) is 32.4 Å². The molecule has 1 aliphatic rings. The standard InChI is InChI=1S/C26H25ClN4O5/c1-35-25(33)17-7-10-20(26(34)36-2)22(14-17)28-24(32)18-4-3-13-31(15-18)23-12-11-21(29-30-23)16-5-8-19(27)9-6-16/h5-12,14,18H,3-4,13,15H2,1-2H3,(H,28,32). The van der Waals surface area contributed by atoms with Crippen LogP contribution >= 0.6 is 11.6 Å². The van der Waals surface area contributed by atoms with E-state index < -0.39 is 11.9 Å². The number of rotatable bonds is 6. The number of amides is 1. The lowest BCUT2D eigenvalue weighted by molar-refractivity contribution is -0.120. The monoisotopic (exact) mass is 508 g/mol. The maximum Gasteiger partial charge on any atom is 0.339 e. The first-order chi connectivity index (χ1) is 17.4. The molecule has 0 radical (unpaired) electrons. The van der Waals surface area contributed by atoms with Crippen LogP contribution in [0.25, 0.3) is 11.3 Å². The maximum absolute atomic E-state index is 13.2. The van der Waals surface area contributed by atoms with Gasteiger partial charge in [0.05, 0.1) is 42.6 Å². The molecule has 1 N–H and O–H groups in total. The second-order valence-electron chi connectivity index (χ2n) is 8.30. The predicted octanol–water partition coefficient (Wildman–Crippen LogP) is 4.23. The Morgan fingerprint density at radius 2 is 1.72 bits per heavy atom. The van der Waals surface area contributed by atoms with E-state index in [1.54, 1.807) is 12.1 Å². The summed E-state index contributed by atoms with van der Waals surface area (Å²) < 4.78 is 9.57. The Labute approximate surface area is 213 Å². The molecule has 3 aromatic rings. The Balaban J connectivity index is 1.48. The minimum Gasteiger partial charge on any atom is -0.465 e. The Kier molecular flexibility index (Phi) is 7.80. The second-order valence-corrected chi connectivity index (χ2v) is 8.74. The van der Waals surface area contributed by atoms with Crippen LogP contribution in [0, 0.1) is 5.92 Å². The number of benzene rings is 2. The molecular formula is C26H25ClN4O5. The SMILES string of the molecule is COC(=O)c1ccc(C(=O)OC)c(NC(=O)C2CCCN(c3ccc(-c4ccc(Cl)cc4)nn3)C2)c1. The molecule has 2 aromatic carbocycles. The van der Waals surface area contributed by atoms with Crippen molar-refractivity contribution < 1.29 is 23.9 Å². The number of carbonyl (C=O) groups is 3. The quantitative estimate of drug-likeness (QED) is 0.492. The number of ether oxygens (including phenoxy) is 2. The first-order valence-electron chi connectivity index (χ1n) is 11.4. The molecule has 1 aromatic heterocycles. The van der Waals surface area contributed by atoms with Crippen molar-refractivity contribution in [3.05, 3.63) is 70.7 Å². The highest BCUT2D eigenvalue weighted by Crippen LogP contribution is 2.26. The first-order valence-corrected chi connectivity index (χ1v) is 11.7. The minimum atomic E-state index is -0.622. The van der Waals surface area contributed by atoms with Crippen molar-refractivity contribution in [1.29, 1.82) is 0 Å². The fourth-order valence-corrected chi connectivity index (χ4v) is 4.21. The van der Waals surface area contributed by atoms with Gasteiger partial charge in [-0.3, -0.25) is 4.79 Å². The summed E-state index contributed by atoms with van der Waals surface area (Å²) >= 11 is 5.96. The van der Waals surface area contributed by atoms with Gasteiger partial charge in [-0.1, -0.05) is 23.7 Å². The van der Waals surface area contributed by atoms with Gasteiger partial charge in [0.25, 0.3) is 0 Å². The molecule has 0 spiro atoms. The number of piperidine rings is 1. The normalized spacial score (nSPS) is 15.2. The molecule has 1 saturated heterocycles. The third-order valence-corrected chi connectivity index (χ3v) is 6.26. The fraction of sp³-hybridized carbons (Fsp3) is 0.269. The van der Waals surface area contributed by atoms with Gasteiger partial charge < -0.3 is 19.7 Å². The zero-order chi connectivity index (χ0) is 25.7. The topological polar surface area (TPSA) is 111 Å². The van der Waals surface area contributed by atoms with Crippen LogP contribution in [0.15, 0.2) is 54.6 Å². The van der Waals surface area contributed by atoms with Gasteiger partial charge >= 0.3 is 11.9 Å². The number of aromatic nitrogens is 2. The van der Waals surface area contributed by atoms with Crippen LogP contribution < -0.4 is 10.2 Å². The lowest BCUT2D eigenvalue weighted by Gasteiger charge is -2.32. The van der Waals surface area contributed by atoms with E-state index in [4.69, 9.17) is 21.1 Å². The van der Waals surface area contributed by atoms with Crippen LogP contribution in [-0.2, 0) is 14.3 Å². The van der Waals surface area contributed by atoms with Crippen LogP contribution in [-0.4, -0.2) is 55.4 Å². The second kappa shape index (κ2) is 11.2. The summed E-state index contributed by atoms with van der Waals surface area (Å²) in [7, 11) is 2.51. The molecular weight excluding hydrogens is 484 g/mol. The molecule has 0 aliphatic carbocycles. The zero-order valence-corrected chi connectivity index (χ0v) is 20.6. The van der Waals surface area contributed by atoms with Crippen molar-refractivity contribution in [3.63, 3.8) is 0 Å². The lowest BCUT2D eigenvalue weighted by Crippen LogP contribution is -2.41. The average molecular weight is 509 g/mol. The van der Waals surface area contributed by atoms with E-state index in [0.717, 1.165) is 24.2 Å². The first kappa shape index (κ1) is 25.1. The van der Waals surface area contributed by atoms with Crippen molar-refractivity contribution in [1.82, 2.24) is 10.2 Å². The van der Waals surface area contributed by atoms with Gasteiger partial charge in [0.1, 0.15) is 0 Å². The van der Waals surface area contributed by atoms with Crippen LogP contribution in [0.1, 0.15) is 33.6 Å². The highest BCUT2D eigenvalue weighted by molar-refractivity contribution is 6.30. The predicted molar refractivity (Wildman–Crippen MR) is 135 cm³/mol. The van der Waals surface area contributed by atoms with Gasteiger partial charge in [-0.15, -0.1) is 10.2 Å². The Morgan fingerprint density at radius 1 is 0.972 bits per heavy atom. The number of hydrogen-bond acceptors (Lipinski definition) is 8. The molecule has 0 saturated carbocycles. The number of methoxy groups -OCH3 is 2. The van der Waals surface area contributed by atoms with Gasteiger partial charge in [-0.2, -0.15) is 0 Å². The third-order valence-electron chi connectivity index (χ3n) is 6.01.